The third-order valence-corrected chi connectivity index (χ3v) is 6.46. The van der Waals surface area contributed by atoms with Crippen molar-refractivity contribution in [1.29, 1.82) is 0 Å². The van der Waals surface area contributed by atoms with Gasteiger partial charge in [0, 0.05) is 22.8 Å². The Labute approximate surface area is 173 Å². The Morgan fingerprint density at radius 1 is 1.14 bits per heavy atom. The summed E-state index contributed by atoms with van der Waals surface area (Å²) in [5, 5.41) is 13.5. The standard InChI is InChI=1S/C25H32N2O2/c1-17(2)26-21-8-4-18(5-9-21)16-25-13-12-22(27-29-3)15-20(25)7-6-19-14-23(28)10-11-24(19)25/h4-5,8-11,14-15,17,20,26-28H,6-7,12-13,16H2,1-3H3/t20-,25+/m1/s1. The van der Waals surface area contributed by atoms with Crippen molar-refractivity contribution in [2.45, 2.75) is 57.4 Å². The number of hydrogen-bond acceptors (Lipinski definition) is 4. The number of nitrogens with one attached hydrogen (secondary N) is 2. The Kier molecular flexibility index (Phi) is 5.55. The second-order valence-corrected chi connectivity index (χ2v) is 8.81. The number of hydroxylamine groups is 1. The van der Waals surface area contributed by atoms with Gasteiger partial charge in [0.1, 0.15) is 5.75 Å². The number of hydrogen-bond donors (Lipinski definition) is 3. The first kappa shape index (κ1) is 19.8. The first-order valence-electron chi connectivity index (χ1n) is 10.7. The van der Waals surface area contributed by atoms with Crippen LogP contribution in [0.1, 0.15) is 49.8 Å². The van der Waals surface area contributed by atoms with Crippen LogP contribution in [0.25, 0.3) is 0 Å². The molecule has 4 heteroatoms. The van der Waals surface area contributed by atoms with Crippen molar-refractivity contribution in [2.75, 3.05) is 12.4 Å². The monoisotopic (exact) mass is 392 g/mol. The van der Waals surface area contributed by atoms with Crippen LogP contribution in [0.2, 0.25) is 0 Å². The van der Waals surface area contributed by atoms with Gasteiger partial charge in [-0.1, -0.05) is 24.3 Å². The van der Waals surface area contributed by atoms with E-state index in [1.807, 2.05) is 12.1 Å². The minimum atomic E-state index is 0.0627. The Bertz CT molecular complexity index is 888. The summed E-state index contributed by atoms with van der Waals surface area (Å²) in [7, 11) is 1.67. The van der Waals surface area contributed by atoms with E-state index in [1.54, 1.807) is 7.11 Å². The van der Waals surface area contributed by atoms with E-state index in [0.717, 1.165) is 32.1 Å². The van der Waals surface area contributed by atoms with Crippen LogP contribution >= 0.6 is 0 Å². The lowest BCUT2D eigenvalue weighted by Crippen LogP contribution is -2.43. The Hall–Kier alpha value is -2.46. The molecule has 0 bridgehead atoms. The minimum absolute atomic E-state index is 0.0627. The third kappa shape index (κ3) is 3.99. The SMILES string of the molecule is CONC1=C[C@H]2CCc3cc(O)ccc3[C@]2(Cc2ccc(NC(C)C)cc2)CC1. The van der Waals surface area contributed by atoms with Gasteiger partial charge < -0.3 is 10.4 Å². The Morgan fingerprint density at radius 2 is 1.93 bits per heavy atom. The molecule has 0 aromatic heterocycles. The highest BCUT2D eigenvalue weighted by Gasteiger charge is 2.45. The number of benzene rings is 2. The summed E-state index contributed by atoms with van der Waals surface area (Å²) < 4.78 is 0. The number of aromatic hydroxyl groups is 1. The zero-order chi connectivity index (χ0) is 20.4. The average molecular weight is 393 g/mol. The molecule has 154 valence electrons. The molecule has 0 fully saturated rings. The fraction of sp³-hybridized carbons (Fsp3) is 0.440. The number of allylic oxidation sites excluding steroid dienone is 2. The maximum atomic E-state index is 10.0. The van der Waals surface area contributed by atoms with Gasteiger partial charge in [0.15, 0.2) is 0 Å². The summed E-state index contributed by atoms with van der Waals surface area (Å²) in [4.78, 5) is 5.18. The van der Waals surface area contributed by atoms with Crippen molar-refractivity contribution in [2.24, 2.45) is 5.92 Å². The molecule has 2 aliphatic carbocycles. The Balaban J connectivity index is 1.70. The largest absolute Gasteiger partial charge is 0.508 e. The number of phenols is 1. The molecule has 2 aromatic rings. The van der Waals surface area contributed by atoms with Crippen LogP contribution in [-0.4, -0.2) is 18.3 Å². The molecule has 2 aliphatic rings. The van der Waals surface area contributed by atoms with Gasteiger partial charge in [0.05, 0.1) is 7.11 Å². The molecule has 0 amide bonds. The van der Waals surface area contributed by atoms with Crippen molar-refractivity contribution in [1.82, 2.24) is 5.48 Å². The molecule has 4 nitrogen and oxygen atoms in total. The van der Waals surface area contributed by atoms with E-state index in [-0.39, 0.29) is 5.41 Å². The van der Waals surface area contributed by atoms with E-state index in [2.05, 4.69) is 61.1 Å². The van der Waals surface area contributed by atoms with Crippen LogP contribution in [0.5, 0.6) is 5.75 Å². The summed E-state index contributed by atoms with van der Waals surface area (Å²) in [6.07, 6.45) is 7.54. The van der Waals surface area contributed by atoms with Crippen molar-refractivity contribution in [3.8, 4) is 5.75 Å². The lowest BCUT2D eigenvalue weighted by Gasteiger charge is -2.48. The lowest BCUT2D eigenvalue weighted by atomic mass is 9.56. The number of rotatable bonds is 6. The minimum Gasteiger partial charge on any atom is -0.508 e. The van der Waals surface area contributed by atoms with Crippen molar-refractivity contribution < 1.29 is 9.94 Å². The van der Waals surface area contributed by atoms with Crippen LogP contribution in [-0.2, 0) is 23.1 Å². The van der Waals surface area contributed by atoms with Gasteiger partial charge in [0.2, 0.25) is 0 Å². The predicted octanol–water partition coefficient (Wildman–Crippen LogP) is 5.08. The van der Waals surface area contributed by atoms with Gasteiger partial charge in [-0.15, -0.1) is 0 Å². The zero-order valence-corrected chi connectivity index (χ0v) is 17.7. The van der Waals surface area contributed by atoms with E-state index >= 15 is 0 Å². The summed E-state index contributed by atoms with van der Waals surface area (Å²) in [6.45, 7) is 4.32. The number of phenolic OH excluding ortho intramolecular Hbond substituents is 1. The summed E-state index contributed by atoms with van der Waals surface area (Å²) in [6, 6.07) is 15.3. The van der Waals surface area contributed by atoms with Gasteiger partial charge >= 0.3 is 0 Å². The molecule has 2 atom stereocenters. The maximum absolute atomic E-state index is 10.0. The molecule has 0 heterocycles. The van der Waals surface area contributed by atoms with E-state index in [1.165, 1.54) is 28.1 Å². The molecule has 3 N–H and O–H groups in total. The Morgan fingerprint density at radius 3 is 2.66 bits per heavy atom. The third-order valence-electron chi connectivity index (χ3n) is 6.46. The smallest absolute Gasteiger partial charge is 0.115 e. The van der Waals surface area contributed by atoms with Gasteiger partial charge in [-0.3, -0.25) is 10.3 Å². The number of fused-ring (bicyclic) bond motifs is 3. The number of anilines is 1. The van der Waals surface area contributed by atoms with Crippen LogP contribution in [0.3, 0.4) is 0 Å². The summed E-state index contributed by atoms with van der Waals surface area (Å²) >= 11 is 0. The van der Waals surface area contributed by atoms with Gasteiger partial charge in [-0.05, 0) is 92.8 Å². The van der Waals surface area contributed by atoms with E-state index in [9.17, 15) is 5.11 Å². The van der Waals surface area contributed by atoms with Crippen molar-refractivity contribution >= 4 is 5.69 Å². The molecular formula is C25H32N2O2. The van der Waals surface area contributed by atoms with Gasteiger partial charge in [0.25, 0.3) is 0 Å². The predicted molar refractivity (Wildman–Crippen MR) is 118 cm³/mol. The van der Waals surface area contributed by atoms with Crippen LogP contribution in [0, 0.1) is 5.92 Å². The second kappa shape index (κ2) is 8.11. The molecule has 0 aliphatic heterocycles. The highest BCUT2D eigenvalue weighted by molar-refractivity contribution is 5.48. The fourth-order valence-electron chi connectivity index (χ4n) is 5.25. The topological polar surface area (TPSA) is 53.5 Å². The quantitative estimate of drug-likeness (QED) is 0.600. The van der Waals surface area contributed by atoms with E-state index in [4.69, 9.17) is 4.84 Å². The molecule has 29 heavy (non-hydrogen) atoms. The van der Waals surface area contributed by atoms with Crippen LogP contribution < -0.4 is 10.8 Å². The molecule has 0 saturated heterocycles. The molecule has 4 rings (SSSR count). The summed E-state index contributed by atoms with van der Waals surface area (Å²) in [5.74, 6) is 0.828. The van der Waals surface area contributed by atoms with E-state index < -0.39 is 0 Å². The molecule has 0 saturated carbocycles. The fourth-order valence-corrected chi connectivity index (χ4v) is 5.25. The van der Waals surface area contributed by atoms with Crippen molar-refractivity contribution in [3.05, 3.63) is 70.9 Å². The molecular weight excluding hydrogens is 360 g/mol. The molecule has 0 spiro atoms. The first-order chi connectivity index (χ1) is 14.0. The molecule has 0 unspecified atom stereocenters. The highest BCUT2D eigenvalue weighted by Crippen LogP contribution is 2.51. The molecule has 0 radical (unpaired) electrons. The molecule has 2 aromatic carbocycles. The normalized spacial score (nSPS) is 23.2. The van der Waals surface area contributed by atoms with E-state index in [0.29, 0.717) is 17.7 Å². The zero-order valence-electron chi connectivity index (χ0n) is 17.7. The van der Waals surface area contributed by atoms with Gasteiger partial charge in [-0.2, -0.15) is 0 Å². The maximum Gasteiger partial charge on any atom is 0.115 e. The van der Waals surface area contributed by atoms with Crippen LogP contribution in [0.4, 0.5) is 5.69 Å². The average Bonchev–Trinajstić information content (AvgIpc) is 2.69. The van der Waals surface area contributed by atoms with Gasteiger partial charge in [-0.25, -0.2) is 0 Å². The van der Waals surface area contributed by atoms with Crippen molar-refractivity contribution in [3.63, 3.8) is 0 Å². The summed E-state index contributed by atoms with van der Waals surface area (Å²) in [5.41, 5.74) is 9.56. The van der Waals surface area contributed by atoms with Crippen LogP contribution in [0.15, 0.2) is 54.2 Å². The highest BCUT2D eigenvalue weighted by atomic mass is 16.6. The first-order valence-corrected chi connectivity index (χ1v) is 10.7. The second-order valence-electron chi connectivity index (χ2n) is 8.81. The lowest BCUT2D eigenvalue weighted by molar-refractivity contribution is 0.106. The number of aryl methyl sites for hydroxylation is 1.